The second kappa shape index (κ2) is 15.8. The molecule has 1 aromatic heterocycles. The van der Waals surface area contributed by atoms with Crippen LogP contribution in [0.5, 0.6) is 5.75 Å². The molecule has 0 spiro atoms. The van der Waals surface area contributed by atoms with Gasteiger partial charge in [0.25, 0.3) is 0 Å². The van der Waals surface area contributed by atoms with Gasteiger partial charge in [-0.2, -0.15) is 0 Å². The average molecular weight is 637 g/mol. The first-order chi connectivity index (χ1) is 22.7. The summed E-state index contributed by atoms with van der Waals surface area (Å²) in [5.74, 6) is 0.165. The van der Waals surface area contributed by atoms with Crippen LogP contribution in [0.1, 0.15) is 37.8 Å². The largest absolute Gasteiger partial charge is 0.494 e. The zero-order valence-corrected chi connectivity index (χ0v) is 26.7. The number of carbonyl (C=O) groups excluding carboxylic acids is 2. The smallest absolute Gasteiger partial charge is 0.408 e. The molecule has 1 unspecified atom stereocenters. The number of aliphatic carboxylic acids is 1. The van der Waals surface area contributed by atoms with Gasteiger partial charge in [-0.3, -0.25) is 9.59 Å². The maximum Gasteiger partial charge on any atom is 0.408 e. The Morgan fingerprint density at radius 3 is 2.17 bits per heavy atom. The topological polar surface area (TPSA) is 131 Å². The van der Waals surface area contributed by atoms with Gasteiger partial charge in [-0.05, 0) is 47.6 Å². The van der Waals surface area contributed by atoms with Gasteiger partial charge in [0, 0.05) is 43.0 Å². The van der Waals surface area contributed by atoms with E-state index in [4.69, 9.17) is 9.47 Å². The third-order valence-electron chi connectivity index (χ3n) is 8.03. The van der Waals surface area contributed by atoms with E-state index >= 15 is 0 Å². The highest BCUT2D eigenvalue weighted by Crippen LogP contribution is 2.24. The molecule has 2 heterocycles. The zero-order chi connectivity index (χ0) is 33.2. The molecule has 2 N–H and O–H groups in total. The van der Waals surface area contributed by atoms with Gasteiger partial charge in [-0.15, -0.1) is 0 Å². The van der Waals surface area contributed by atoms with Crippen LogP contribution in [0.3, 0.4) is 0 Å². The predicted octanol–water partition coefficient (Wildman–Crippen LogP) is 6.01. The van der Waals surface area contributed by atoms with E-state index < -0.39 is 24.0 Å². The Bertz CT molecular complexity index is 1620. The van der Waals surface area contributed by atoms with Crippen molar-refractivity contribution in [2.45, 2.75) is 45.8 Å². The number of carboxylic acid groups (broad SMARTS) is 1. The second-order valence-corrected chi connectivity index (χ2v) is 12.1. The number of nitrogens with one attached hydrogen (secondary N) is 1. The average Bonchev–Trinajstić information content (AvgIpc) is 3.06. The summed E-state index contributed by atoms with van der Waals surface area (Å²) < 4.78 is 11.2. The van der Waals surface area contributed by atoms with Crippen molar-refractivity contribution >= 4 is 18.0 Å². The summed E-state index contributed by atoms with van der Waals surface area (Å²) in [5.41, 5.74) is 4.30. The van der Waals surface area contributed by atoms with Crippen LogP contribution in [0.25, 0.3) is 22.5 Å². The lowest BCUT2D eigenvalue weighted by molar-refractivity contribution is -0.153. The maximum absolute atomic E-state index is 13.3. The van der Waals surface area contributed by atoms with Crippen LogP contribution in [0.15, 0.2) is 91.3 Å². The molecule has 47 heavy (non-hydrogen) atoms. The molecule has 4 aromatic rings. The summed E-state index contributed by atoms with van der Waals surface area (Å²) >= 11 is 0. The zero-order valence-electron chi connectivity index (χ0n) is 26.7. The Balaban J connectivity index is 1.19. The minimum absolute atomic E-state index is 0.0597. The summed E-state index contributed by atoms with van der Waals surface area (Å²) in [5, 5.41) is 11.9. The van der Waals surface area contributed by atoms with Gasteiger partial charge in [0.05, 0.1) is 12.5 Å². The molecule has 244 valence electrons. The number of aromatic nitrogens is 2. The van der Waals surface area contributed by atoms with Gasteiger partial charge in [0.2, 0.25) is 5.91 Å². The van der Waals surface area contributed by atoms with Crippen LogP contribution in [-0.4, -0.2) is 63.7 Å². The molecule has 0 saturated carbocycles. The number of hydrogen-bond acceptors (Lipinski definition) is 7. The number of ether oxygens (including phenoxy) is 2. The van der Waals surface area contributed by atoms with E-state index in [0.29, 0.717) is 18.3 Å². The quantitative estimate of drug-likeness (QED) is 0.161. The fourth-order valence-corrected chi connectivity index (χ4v) is 5.22. The number of amides is 2. The highest BCUT2D eigenvalue weighted by molar-refractivity contribution is 5.88. The van der Waals surface area contributed by atoms with E-state index in [-0.39, 0.29) is 32.0 Å². The molecular weight excluding hydrogens is 596 g/mol. The second-order valence-electron chi connectivity index (χ2n) is 12.1. The number of alkyl carbamates (subject to hydrolysis) is 1. The fourth-order valence-electron chi connectivity index (χ4n) is 5.22. The lowest BCUT2D eigenvalue weighted by Crippen LogP contribution is -2.59. The van der Waals surface area contributed by atoms with Crippen LogP contribution in [-0.2, 0) is 27.4 Å². The molecule has 0 aliphatic carbocycles. The van der Waals surface area contributed by atoms with Crippen molar-refractivity contribution in [1.29, 1.82) is 0 Å². The Kier molecular flexibility index (Phi) is 11.2. The SMILES string of the molecule is CC(C)CCCOc1ccc(-c2cnc(-c3ccc(CC(NC(=O)OCc4ccccc4)C(=O)N4CC(C(=O)O)C4)cc3)nc2)cc1. The van der Waals surface area contributed by atoms with Gasteiger partial charge in [-0.25, -0.2) is 14.8 Å². The molecular formula is C37H40N4O6. The van der Waals surface area contributed by atoms with Gasteiger partial charge in [-0.1, -0.05) is 80.6 Å². The summed E-state index contributed by atoms with van der Waals surface area (Å²) in [6, 6.07) is 23.7. The lowest BCUT2D eigenvalue weighted by Gasteiger charge is -2.38. The van der Waals surface area contributed by atoms with Crippen LogP contribution in [0.4, 0.5) is 4.79 Å². The van der Waals surface area contributed by atoms with Crippen molar-refractivity contribution in [2.24, 2.45) is 11.8 Å². The van der Waals surface area contributed by atoms with Crippen molar-refractivity contribution in [2.75, 3.05) is 19.7 Å². The normalized spacial score (nSPS) is 13.5. The lowest BCUT2D eigenvalue weighted by atomic mass is 9.97. The van der Waals surface area contributed by atoms with Crippen molar-refractivity contribution in [3.8, 4) is 28.3 Å². The fraction of sp³-hybridized carbons (Fsp3) is 0.324. The monoisotopic (exact) mass is 636 g/mol. The Morgan fingerprint density at radius 1 is 0.872 bits per heavy atom. The highest BCUT2D eigenvalue weighted by Gasteiger charge is 2.39. The number of carboxylic acids is 1. The van der Waals surface area contributed by atoms with Crippen molar-refractivity contribution < 1.29 is 29.0 Å². The Morgan fingerprint density at radius 2 is 1.53 bits per heavy atom. The van der Waals surface area contributed by atoms with E-state index in [9.17, 15) is 19.5 Å². The third-order valence-corrected chi connectivity index (χ3v) is 8.03. The summed E-state index contributed by atoms with van der Waals surface area (Å²) in [4.78, 5) is 47.8. The number of carbonyl (C=O) groups is 3. The van der Waals surface area contributed by atoms with Gasteiger partial charge in [0.1, 0.15) is 18.4 Å². The van der Waals surface area contributed by atoms with Crippen molar-refractivity contribution in [1.82, 2.24) is 20.2 Å². The van der Waals surface area contributed by atoms with Crippen LogP contribution in [0.2, 0.25) is 0 Å². The molecule has 1 aliphatic rings. The maximum atomic E-state index is 13.3. The van der Waals surface area contributed by atoms with Crippen molar-refractivity contribution in [3.05, 3.63) is 102 Å². The van der Waals surface area contributed by atoms with E-state index in [1.54, 1.807) is 12.4 Å². The molecule has 1 atom stereocenters. The molecule has 1 fully saturated rings. The molecule has 3 aromatic carbocycles. The van der Waals surface area contributed by atoms with E-state index in [1.165, 1.54) is 4.90 Å². The Labute approximate surface area is 274 Å². The first-order valence-corrected chi connectivity index (χ1v) is 15.9. The van der Waals surface area contributed by atoms with Gasteiger partial charge < -0.3 is 24.8 Å². The molecule has 10 nitrogen and oxygen atoms in total. The molecule has 1 saturated heterocycles. The molecule has 10 heteroatoms. The van der Waals surface area contributed by atoms with Crippen LogP contribution >= 0.6 is 0 Å². The van der Waals surface area contributed by atoms with Crippen LogP contribution < -0.4 is 10.1 Å². The number of likely N-dealkylation sites (tertiary alicyclic amines) is 1. The number of benzene rings is 3. The molecule has 0 radical (unpaired) electrons. The predicted molar refractivity (Wildman–Crippen MR) is 177 cm³/mol. The van der Waals surface area contributed by atoms with E-state index in [2.05, 4.69) is 29.1 Å². The molecule has 2 amide bonds. The number of rotatable bonds is 14. The molecule has 1 aliphatic heterocycles. The summed E-state index contributed by atoms with van der Waals surface area (Å²) in [6.45, 7) is 5.39. The van der Waals surface area contributed by atoms with Crippen molar-refractivity contribution in [3.63, 3.8) is 0 Å². The minimum atomic E-state index is -0.943. The summed E-state index contributed by atoms with van der Waals surface area (Å²) in [7, 11) is 0. The molecule has 0 bridgehead atoms. The summed E-state index contributed by atoms with van der Waals surface area (Å²) in [6.07, 6.45) is 5.21. The standard InChI is InChI=1S/C37H40N4O6/c1-25(2)7-6-18-46-32-16-14-28(15-17-32)30-20-38-34(39-21-30)29-12-10-26(11-13-29)19-33(35(42)41-22-31(23-41)36(43)44)40-37(45)47-24-27-8-4-3-5-9-27/h3-5,8-17,20-21,25,31,33H,6-7,18-19,22-24H2,1-2H3,(H,40,45)(H,43,44). The van der Waals surface area contributed by atoms with Crippen LogP contribution in [0, 0.1) is 11.8 Å². The highest BCUT2D eigenvalue weighted by atomic mass is 16.5. The van der Waals surface area contributed by atoms with E-state index in [1.807, 2.05) is 78.9 Å². The first kappa shape index (κ1) is 33.1. The molecule has 5 rings (SSSR count). The minimum Gasteiger partial charge on any atom is -0.494 e. The van der Waals surface area contributed by atoms with Gasteiger partial charge >= 0.3 is 12.1 Å². The number of hydrogen-bond donors (Lipinski definition) is 2. The third kappa shape index (κ3) is 9.38. The first-order valence-electron chi connectivity index (χ1n) is 15.9. The van der Waals surface area contributed by atoms with E-state index in [0.717, 1.165) is 46.4 Å². The number of nitrogens with zero attached hydrogens (tertiary/aromatic N) is 3. The van der Waals surface area contributed by atoms with Gasteiger partial charge in [0.15, 0.2) is 5.82 Å². The Hall–Kier alpha value is -5.25.